The first kappa shape index (κ1) is 36.6. The van der Waals surface area contributed by atoms with Gasteiger partial charge in [0.15, 0.2) is 11.6 Å². The minimum absolute atomic E-state index is 0.0410. The van der Waals surface area contributed by atoms with E-state index in [1.165, 1.54) is 77.0 Å². The van der Waals surface area contributed by atoms with E-state index in [1.54, 1.807) is 19.7 Å². The van der Waals surface area contributed by atoms with E-state index >= 15 is 0 Å². The maximum Gasteiger partial charge on any atom is 0.304 e. The van der Waals surface area contributed by atoms with Gasteiger partial charge in [0.25, 0.3) is 0 Å². The molecule has 0 unspecified atom stereocenters. The van der Waals surface area contributed by atoms with Crippen molar-refractivity contribution in [2.75, 3.05) is 14.2 Å². The number of carbonyl (C=O) groups is 2. The Bertz CT molecular complexity index is 1100. The van der Waals surface area contributed by atoms with Crippen LogP contribution < -0.4 is 5.48 Å². The van der Waals surface area contributed by atoms with Gasteiger partial charge in [-0.15, -0.1) is 0 Å². The van der Waals surface area contributed by atoms with Crippen molar-refractivity contribution < 1.29 is 38.4 Å². The molecule has 13 heteroatoms. The lowest BCUT2D eigenvalue weighted by Crippen LogP contribution is -2.21. The zero-order valence-electron chi connectivity index (χ0n) is 27.1. The quantitative estimate of drug-likeness (QED) is 0.120. The Morgan fingerprint density at radius 1 is 0.778 bits per heavy atom. The molecule has 2 aliphatic rings. The standard InChI is InChI=1S/C16H27N3O4.C16H26N2O4/c1-22-11-14-17-16(23-19-14)13(10-15(20)18-21)9-5-8-12-6-3-2-4-7-12;1-21-11-14-17-16(22-18-14)13(10-15(19)20)9-5-8-12-6-3-2-4-7-12/h12-13,21H,2-11H2,1H3,(H,18,20);12-13H,2-11H2,1H3,(H,19,20)/t2*13-/m11/s1. The van der Waals surface area contributed by atoms with Crippen LogP contribution in [0.3, 0.4) is 0 Å². The van der Waals surface area contributed by atoms with Crippen molar-refractivity contribution >= 4 is 11.9 Å². The van der Waals surface area contributed by atoms with Crippen LogP contribution in [0.4, 0.5) is 0 Å². The van der Waals surface area contributed by atoms with Crippen LogP contribution >= 0.6 is 0 Å². The maximum atomic E-state index is 11.5. The van der Waals surface area contributed by atoms with E-state index in [-0.39, 0.29) is 37.9 Å². The molecule has 2 fully saturated rings. The van der Waals surface area contributed by atoms with Crippen LogP contribution in [0.1, 0.15) is 151 Å². The summed E-state index contributed by atoms with van der Waals surface area (Å²) in [4.78, 5) is 31.1. The highest BCUT2D eigenvalue weighted by atomic mass is 16.5. The lowest BCUT2D eigenvalue weighted by atomic mass is 9.84. The molecule has 0 bridgehead atoms. The number of aromatic nitrogens is 4. The molecule has 1 amide bonds. The van der Waals surface area contributed by atoms with E-state index in [2.05, 4.69) is 20.3 Å². The average Bonchev–Trinajstić information content (AvgIpc) is 3.72. The van der Waals surface area contributed by atoms with Crippen molar-refractivity contribution in [2.45, 2.75) is 141 Å². The second kappa shape index (κ2) is 21.0. The van der Waals surface area contributed by atoms with Crippen molar-refractivity contribution in [3.63, 3.8) is 0 Å². The summed E-state index contributed by atoms with van der Waals surface area (Å²) < 4.78 is 20.4. The van der Waals surface area contributed by atoms with E-state index < -0.39 is 11.9 Å². The van der Waals surface area contributed by atoms with Crippen LogP contribution in [0.25, 0.3) is 0 Å². The minimum Gasteiger partial charge on any atom is -0.481 e. The highest BCUT2D eigenvalue weighted by molar-refractivity contribution is 5.75. The number of amides is 1. The van der Waals surface area contributed by atoms with Crippen molar-refractivity contribution in [1.29, 1.82) is 0 Å². The Morgan fingerprint density at radius 3 is 1.62 bits per heavy atom. The van der Waals surface area contributed by atoms with E-state index in [1.807, 2.05) is 0 Å². The van der Waals surface area contributed by atoms with Crippen LogP contribution in [-0.2, 0) is 32.3 Å². The molecule has 2 atom stereocenters. The van der Waals surface area contributed by atoms with Crippen LogP contribution in [0.15, 0.2) is 9.05 Å². The summed E-state index contributed by atoms with van der Waals surface area (Å²) in [5, 5.41) is 25.5. The first-order valence-electron chi connectivity index (χ1n) is 16.7. The van der Waals surface area contributed by atoms with Crippen LogP contribution in [0.2, 0.25) is 0 Å². The predicted molar refractivity (Wildman–Crippen MR) is 163 cm³/mol. The van der Waals surface area contributed by atoms with Crippen LogP contribution in [-0.4, -0.2) is 56.7 Å². The average molecular weight is 636 g/mol. The molecule has 2 heterocycles. The Kier molecular flexibility index (Phi) is 17.1. The molecule has 4 rings (SSSR count). The number of carbonyl (C=O) groups excluding carboxylic acids is 1. The number of hydrogen-bond acceptors (Lipinski definition) is 11. The van der Waals surface area contributed by atoms with Gasteiger partial charge in [-0.2, -0.15) is 9.97 Å². The topological polar surface area (TPSA) is 183 Å². The lowest BCUT2D eigenvalue weighted by Gasteiger charge is -2.22. The van der Waals surface area contributed by atoms with E-state index in [0.717, 1.165) is 37.5 Å². The molecule has 0 aliphatic heterocycles. The maximum absolute atomic E-state index is 11.5. The van der Waals surface area contributed by atoms with E-state index in [4.69, 9.17) is 28.8 Å². The van der Waals surface area contributed by atoms with Gasteiger partial charge in [0, 0.05) is 32.5 Å². The minimum atomic E-state index is -0.825. The molecule has 3 N–H and O–H groups in total. The zero-order valence-corrected chi connectivity index (χ0v) is 27.1. The summed E-state index contributed by atoms with van der Waals surface area (Å²) in [6.45, 7) is 0.565. The Morgan fingerprint density at radius 2 is 1.22 bits per heavy atom. The van der Waals surface area contributed by atoms with Gasteiger partial charge < -0.3 is 23.6 Å². The fraction of sp³-hybridized carbons (Fsp3) is 0.812. The van der Waals surface area contributed by atoms with Gasteiger partial charge >= 0.3 is 5.97 Å². The fourth-order valence-electron chi connectivity index (χ4n) is 6.61. The third-order valence-electron chi connectivity index (χ3n) is 8.97. The molecule has 2 aromatic rings. The predicted octanol–water partition coefficient (Wildman–Crippen LogP) is 6.47. The molecule has 45 heavy (non-hydrogen) atoms. The smallest absolute Gasteiger partial charge is 0.304 e. The summed E-state index contributed by atoms with van der Waals surface area (Å²) in [5.74, 6) is 1.83. The number of nitrogens with zero attached hydrogens (tertiary/aromatic N) is 4. The SMILES string of the molecule is COCc1noc([C@H](CCCC2CCCCC2)CC(=O)NO)n1.COCc1noc([C@H](CCCC2CCCCC2)CC(=O)O)n1. The van der Waals surface area contributed by atoms with Crippen molar-refractivity contribution in [2.24, 2.45) is 11.8 Å². The highest BCUT2D eigenvalue weighted by Crippen LogP contribution is 2.32. The molecule has 0 radical (unpaired) electrons. The molecule has 2 saturated carbocycles. The number of methoxy groups -OCH3 is 2. The molecule has 2 aromatic heterocycles. The fourth-order valence-corrected chi connectivity index (χ4v) is 6.61. The summed E-state index contributed by atoms with van der Waals surface area (Å²) in [6, 6.07) is 0. The number of hydroxylamine groups is 1. The van der Waals surface area contributed by atoms with Gasteiger partial charge in [-0.25, -0.2) is 5.48 Å². The molecule has 2 aliphatic carbocycles. The van der Waals surface area contributed by atoms with Gasteiger partial charge in [-0.1, -0.05) is 100 Å². The highest BCUT2D eigenvalue weighted by Gasteiger charge is 2.24. The van der Waals surface area contributed by atoms with Gasteiger partial charge in [0.1, 0.15) is 13.2 Å². The molecule has 13 nitrogen and oxygen atoms in total. The number of hydrogen-bond donors (Lipinski definition) is 3. The molecule has 0 saturated heterocycles. The number of carboxylic acids is 1. The second-order valence-electron chi connectivity index (χ2n) is 12.6. The van der Waals surface area contributed by atoms with Gasteiger partial charge in [-0.3, -0.25) is 14.8 Å². The van der Waals surface area contributed by atoms with E-state index in [9.17, 15) is 9.59 Å². The Hall–Kier alpha value is -2.90. The van der Waals surface area contributed by atoms with Crippen LogP contribution in [0.5, 0.6) is 0 Å². The molecular formula is C32H53N5O8. The summed E-state index contributed by atoms with van der Waals surface area (Å²) in [6.07, 6.45) is 19.5. The number of aliphatic carboxylic acids is 1. The largest absolute Gasteiger partial charge is 0.481 e. The zero-order chi connectivity index (χ0) is 32.3. The van der Waals surface area contributed by atoms with Crippen molar-refractivity contribution in [1.82, 2.24) is 25.8 Å². The van der Waals surface area contributed by atoms with E-state index in [0.29, 0.717) is 23.4 Å². The summed E-state index contributed by atoms with van der Waals surface area (Å²) >= 11 is 0. The number of ether oxygens (including phenoxy) is 2. The Labute approximate surface area is 266 Å². The van der Waals surface area contributed by atoms with Crippen molar-refractivity contribution in [3.8, 4) is 0 Å². The third-order valence-corrected chi connectivity index (χ3v) is 8.97. The van der Waals surface area contributed by atoms with Crippen molar-refractivity contribution in [3.05, 3.63) is 23.4 Å². The lowest BCUT2D eigenvalue weighted by molar-refractivity contribution is -0.137. The number of rotatable bonds is 18. The second-order valence-corrected chi connectivity index (χ2v) is 12.6. The molecule has 0 spiro atoms. The number of carboxylic acid groups (broad SMARTS) is 1. The molecule has 0 aromatic carbocycles. The normalized spacial score (nSPS) is 17.3. The first-order chi connectivity index (χ1) is 21.9. The molecule has 254 valence electrons. The van der Waals surface area contributed by atoms with Gasteiger partial charge in [-0.05, 0) is 24.7 Å². The van der Waals surface area contributed by atoms with Gasteiger partial charge in [0.2, 0.25) is 17.7 Å². The first-order valence-corrected chi connectivity index (χ1v) is 16.7. The Balaban J connectivity index is 0.000000246. The van der Waals surface area contributed by atoms with Crippen LogP contribution in [0, 0.1) is 11.8 Å². The monoisotopic (exact) mass is 635 g/mol. The molecular weight excluding hydrogens is 582 g/mol. The third kappa shape index (κ3) is 14.0. The summed E-state index contributed by atoms with van der Waals surface area (Å²) in [5.41, 5.74) is 1.68. The summed E-state index contributed by atoms with van der Waals surface area (Å²) in [7, 11) is 3.13. The van der Waals surface area contributed by atoms with Gasteiger partial charge in [0.05, 0.1) is 6.42 Å². The number of nitrogens with one attached hydrogen (secondary N) is 1.